The zero-order chi connectivity index (χ0) is 19.5. The Morgan fingerprint density at radius 2 is 1.93 bits per heavy atom. The molecular formula is C22H25ClN2O3. The molecule has 6 heteroatoms. The van der Waals surface area contributed by atoms with E-state index in [1.54, 1.807) is 12.1 Å². The molecule has 1 N–H and O–H groups in total. The van der Waals surface area contributed by atoms with Gasteiger partial charge in [0.05, 0.1) is 5.02 Å². The minimum absolute atomic E-state index is 0.128. The summed E-state index contributed by atoms with van der Waals surface area (Å²) < 4.78 is 10.6. The number of amides is 1. The van der Waals surface area contributed by atoms with Gasteiger partial charge >= 0.3 is 0 Å². The van der Waals surface area contributed by atoms with Crippen LogP contribution in [0.2, 0.25) is 5.02 Å². The van der Waals surface area contributed by atoms with Crippen LogP contribution in [0.4, 0.5) is 0 Å². The Hall–Kier alpha value is -2.24. The lowest BCUT2D eigenvalue weighted by Crippen LogP contribution is -2.33. The van der Waals surface area contributed by atoms with Crippen LogP contribution in [0.15, 0.2) is 36.4 Å². The normalized spacial score (nSPS) is 16.9. The predicted octanol–water partition coefficient (Wildman–Crippen LogP) is 4.23. The van der Waals surface area contributed by atoms with Crippen molar-refractivity contribution in [1.29, 1.82) is 0 Å². The Bertz CT molecular complexity index is 863. The Morgan fingerprint density at radius 1 is 1.18 bits per heavy atom. The van der Waals surface area contributed by atoms with E-state index in [0.29, 0.717) is 28.6 Å². The van der Waals surface area contributed by atoms with Gasteiger partial charge in [-0.15, -0.1) is 0 Å². The van der Waals surface area contributed by atoms with Crippen LogP contribution in [-0.2, 0) is 13.1 Å². The van der Waals surface area contributed by atoms with Crippen LogP contribution in [0, 0.1) is 5.92 Å². The first kappa shape index (κ1) is 19.1. The van der Waals surface area contributed by atoms with E-state index < -0.39 is 0 Å². The van der Waals surface area contributed by atoms with Gasteiger partial charge in [-0.25, -0.2) is 0 Å². The monoisotopic (exact) mass is 400 g/mol. The standard InChI is InChI=1S/C22H25ClN2O3/c1-15-6-8-25(9-7-15)13-17-5-3-2-4-16(17)12-24-22(26)18-10-19(23)21-20(11-18)27-14-28-21/h2-5,10-11,15H,6-9,12-14H2,1H3,(H,24,26). The summed E-state index contributed by atoms with van der Waals surface area (Å²) >= 11 is 6.19. The fourth-order valence-corrected chi connectivity index (χ4v) is 3.99. The maximum Gasteiger partial charge on any atom is 0.251 e. The van der Waals surface area contributed by atoms with Crippen molar-refractivity contribution in [1.82, 2.24) is 10.2 Å². The van der Waals surface area contributed by atoms with Crippen LogP contribution in [0.5, 0.6) is 11.5 Å². The van der Waals surface area contributed by atoms with Crippen molar-refractivity contribution < 1.29 is 14.3 Å². The molecule has 0 bridgehead atoms. The summed E-state index contributed by atoms with van der Waals surface area (Å²) in [4.78, 5) is 15.1. The van der Waals surface area contributed by atoms with Gasteiger partial charge in [-0.3, -0.25) is 9.69 Å². The molecule has 28 heavy (non-hydrogen) atoms. The maximum absolute atomic E-state index is 12.6. The van der Waals surface area contributed by atoms with Crippen molar-refractivity contribution >= 4 is 17.5 Å². The zero-order valence-corrected chi connectivity index (χ0v) is 16.8. The predicted molar refractivity (Wildman–Crippen MR) is 109 cm³/mol. The first-order valence-electron chi connectivity index (χ1n) is 9.76. The number of hydrogen-bond donors (Lipinski definition) is 1. The highest BCUT2D eigenvalue weighted by Gasteiger charge is 2.21. The third kappa shape index (κ3) is 4.26. The Balaban J connectivity index is 1.41. The van der Waals surface area contributed by atoms with Crippen molar-refractivity contribution in [2.75, 3.05) is 19.9 Å². The van der Waals surface area contributed by atoms with Gasteiger partial charge in [-0.05, 0) is 55.1 Å². The molecule has 0 aliphatic carbocycles. The number of nitrogens with one attached hydrogen (secondary N) is 1. The van der Waals surface area contributed by atoms with Crippen molar-refractivity contribution in [3.63, 3.8) is 0 Å². The van der Waals surface area contributed by atoms with Gasteiger partial charge in [-0.1, -0.05) is 42.8 Å². The highest BCUT2D eigenvalue weighted by Crippen LogP contribution is 2.39. The van der Waals surface area contributed by atoms with E-state index in [4.69, 9.17) is 21.1 Å². The van der Waals surface area contributed by atoms with Crippen LogP contribution in [0.25, 0.3) is 0 Å². The van der Waals surface area contributed by atoms with Gasteiger partial charge in [0.2, 0.25) is 6.79 Å². The van der Waals surface area contributed by atoms with Gasteiger partial charge in [0.25, 0.3) is 5.91 Å². The second kappa shape index (κ2) is 8.41. The molecule has 0 radical (unpaired) electrons. The highest BCUT2D eigenvalue weighted by atomic mass is 35.5. The molecule has 2 aliphatic rings. The summed E-state index contributed by atoms with van der Waals surface area (Å²) in [5.74, 6) is 1.65. The highest BCUT2D eigenvalue weighted by molar-refractivity contribution is 6.32. The fraction of sp³-hybridized carbons (Fsp3) is 0.409. The van der Waals surface area contributed by atoms with Crippen LogP contribution < -0.4 is 14.8 Å². The Kier molecular flexibility index (Phi) is 5.74. The summed E-state index contributed by atoms with van der Waals surface area (Å²) in [6.45, 7) is 6.13. The van der Waals surface area contributed by atoms with Crippen LogP contribution in [0.1, 0.15) is 41.3 Å². The van der Waals surface area contributed by atoms with Crippen molar-refractivity contribution in [3.8, 4) is 11.5 Å². The number of fused-ring (bicyclic) bond motifs is 1. The van der Waals surface area contributed by atoms with Gasteiger partial charge in [0.1, 0.15) is 0 Å². The van der Waals surface area contributed by atoms with Gasteiger partial charge in [0, 0.05) is 18.7 Å². The van der Waals surface area contributed by atoms with E-state index in [-0.39, 0.29) is 12.7 Å². The van der Waals surface area contributed by atoms with Crippen LogP contribution in [-0.4, -0.2) is 30.7 Å². The smallest absolute Gasteiger partial charge is 0.251 e. The number of nitrogens with zero attached hydrogens (tertiary/aromatic N) is 1. The molecule has 5 nitrogen and oxygen atoms in total. The molecule has 2 aromatic rings. The number of halogens is 1. The van der Waals surface area contributed by atoms with E-state index in [2.05, 4.69) is 35.3 Å². The number of ether oxygens (including phenoxy) is 2. The van der Waals surface area contributed by atoms with Gasteiger partial charge in [-0.2, -0.15) is 0 Å². The number of likely N-dealkylation sites (tertiary alicyclic amines) is 1. The third-order valence-corrected chi connectivity index (χ3v) is 5.80. The molecule has 2 heterocycles. The lowest BCUT2D eigenvalue weighted by Gasteiger charge is -2.30. The Morgan fingerprint density at radius 3 is 2.71 bits per heavy atom. The fourth-order valence-electron chi connectivity index (χ4n) is 3.72. The van der Waals surface area contributed by atoms with Crippen LogP contribution >= 0.6 is 11.6 Å². The number of piperidine rings is 1. The number of hydrogen-bond acceptors (Lipinski definition) is 4. The number of carbonyl (C=O) groups is 1. The second-order valence-corrected chi connectivity index (χ2v) is 8.01. The number of rotatable bonds is 5. The van der Waals surface area contributed by atoms with E-state index >= 15 is 0 Å². The molecule has 0 aromatic heterocycles. The molecule has 0 saturated carbocycles. The molecule has 0 unspecified atom stereocenters. The molecular weight excluding hydrogens is 376 g/mol. The van der Waals surface area contributed by atoms with Crippen LogP contribution in [0.3, 0.4) is 0 Å². The zero-order valence-electron chi connectivity index (χ0n) is 16.0. The first-order chi connectivity index (χ1) is 13.6. The van der Waals surface area contributed by atoms with E-state index in [1.807, 2.05) is 6.07 Å². The Labute approximate surface area is 170 Å². The van der Waals surface area contributed by atoms with E-state index in [0.717, 1.165) is 31.1 Å². The average molecular weight is 401 g/mol. The van der Waals surface area contributed by atoms with Crippen molar-refractivity contribution in [2.24, 2.45) is 5.92 Å². The minimum atomic E-state index is -0.179. The topological polar surface area (TPSA) is 50.8 Å². The molecule has 0 atom stereocenters. The lowest BCUT2D eigenvalue weighted by molar-refractivity contribution is 0.0950. The molecule has 2 aromatic carbocycles. The largest absolute Gasteiger partial charge is 0.454 e. The SMILES string of the molecule is CC1CCN(Cc2ccccc2CNC(=O)c2cc(Cl)c3c(c2)OCO3)CC1. The van der Waals surface area contributed by atoms with E-state index in [1.165, 1.54) is 18.4 Å². The summed E-state index contributed by atoms with van der Waals surface area (Å²) in [5.41, 5.74) is 2.87. The summed E-state index contributed by atoms with van der Waals surface area (Å²) in [5, 5.41) is 3.39. The van der Waals surface area contributed by atoms with Crippen molar-refractivity contribution in [3.05, 3.63) is 58.1 Å². The molecule has 148 valence electrons. The molecule has 1 saturated heterocycles. The average Bonchev–Trinajstić information content (AvgIpc) is 3.18. The third-order valence-electron chi connectivity index (χ3n) is 5.52. The number of benzene rings is 2. The van der Waals surface area contributed by atoms with Crippen molar-refractivity contribution in [2.45, 2.75) is 32.9 Å². The van der Waals surface area contributed by atoms with E-state index in [9.17, 15) is 4.79 Å². The molecule has 1 amide bonds. The van der Waals surface area contributed by atoms with Gasteiger partial charge in [0.15, 0.2) is 11.5 Å². The second-order valence-electron chi connectivity index (χ2n) is 7.60. The first-order valence-corrected chi connectivity index (χ1v) is 10.1. The molecule has 2 aliphatic heterocycles. The summed E-state index contributed by atoms with van der Waals surface area (Å²) in [6.07, 6.45) is 2.51. The van der Waals surface area contributed by atoms with Gasteiger partial charge < -0.3 is 14.8 Å². The molecule has 1 fully saturated rings. The maximum atomic E-state index is 12.6. The summed E-state index contributed by atoms with van der Waals surface area (Å²) in [7, 11) is 0. The number of carbonyl (C=O) groups excluding carboxylic acids is 1. The molecule has 4 rings (SSSR count). The lowest BCUT2D eigenvalue weighted by atomic mass is 9.98. The summed E-state index contributed by atoms with van der Waals surface area (Å²) in [6, 6.07) is 11.6. The minimum Gasteiger partial charge on any atom is -0.454 e. The quantitative estimate of drug-likeness (QED) is 0.815. The molecule has 0 spiro atoms.